The van der Waals surface area contributed by atoms with E-state index >= 15 is 0 Å². The van der Waals surface area contributed by atoms with E-state index in [2.05, 4.69) is 29.8 Å². The maximum Gasteiger partial charge on any atom is 0.335 e. The van der Waals surface area contributed by atoms with Gasteiger partial charge in [0.05, 0.1) is 10.5 Å². The van der Waals surface area contributed by atoms with Crippen molar-refractivity contribution in [3.8, 4) is 0 Å². The number of carboxylic acids is 1. The first kappa shape index (κ1) is 16.5. The number of halogens is 1. The Bertz CT molecular complexity index is 659. The van der Waals surface area contributed by atoms with Gasteiger partial charge >= 0.3 is 5.97 Å². The number of aromatic carboxylic acids is 1. The Morgan fingerprint density at radius 2 is 2.00 bits per heavy atom. The highest BCUT2D eigenvalue weighted by atomic mass is 79.9. The molecule has 1 aromatic carbocycles. The predicted octanol–water partition coefficient (Wildman–Crippen LogP) is 2.81. The van der Waals surface area contributed by atoms with E-state index in [0.29, 0.717) is 24.9 Å². The van der Waals surface area contributed by atoms with Crippen LogP contribution < -0.4 is 0 Å². The van der Waals surface area contributed by atoms with Gasteiger partial charge in [-0.05, 0) is 52.4 Å². The van der Waals surface area contributed by atoms with Crippen molar-refractivity contribution in [2.45, 2.75) is 25.2 Å². The lowest BCUT2D eigenvalue weighted by Gasteiger charge is -2.34. The molecule has 1 N–H and O–H groups in total. The van der Waals surface area contributed by atoms with Gasteiger partial charge in [-0.15, -0.1) is 0 Å². The average molecular weight is 376 g/mol. The van der Waals surface area contributed by atoms with Gasteiger partial charge in [0.2, 0.25) is 10.0 Å². The van der Waals surface area contributed by atoms with E-state index in [1.165, 1.54) is 22.5 Å². The first-order valence-corrected chi connectivity index (χ1v) is 8.99. The molecule has 2 rings (SSSR count). The van der Waals surface area contributed by atoms with Crippen LogP contribution in [0.15, 0.2) is 27.6 Å². The first-order valence-electron chi connectivity index (χ1n) is 6.76. The van der Waals surface area contributed by atoms with E-state index in [-0.39, 0.29) is 14.9 Å². The molecule has 0 aliphatic carbocycles. The minimum Gasteiger partial charge on any atom is -0.478 e. The van der Waals surface area contributed by atoms with Crippen LogP contribution in [0.4, 0.5) is 0 Å². The van der Waals surface area contributed by atoms with Gasteiger partial charge in [0, 0.05) is 17.6 Å². The third-order valence-electron chi connectivity index (χ3n) is 4.09. The molecule has 0 saturated carbocycles. The quantitative estimate of drug-likeness (QED) is 0.880. The highest BCUT2D eigenvalue weighted by Gasteiger charge is 2.32. The number of piperidine rings is 1. The van der Waals surface area contributed by atoms with Crippen molar-refractivity contribution in [1.29, 1.82) is 0 Å². The van der Waals surface area contributed by atoms with Gasteiger partial charge in [-0.2, -0.15) is 4.31 Å². The number of rotatable bonds is 3. The van der Waals surface area contributed by atoms with Crippen molar-refractivity contribution in [2.75, 3.05) is 13.1 Å². The molecular formula is C14H18BrNO4S. The van der Waals surface area contributed by atoms with Gasteiger partial charge < -0.3 is 5.11 Å². The molecule has 1 aliphatic rings. The van der Waals surface area contributed by atoms with Crippen LogP contribution in [0.25, 0.3) is 0 Å². The van der Waals surface area contributed by atoms with Gasteiger partial charge in [0.25, 0.3) is 0 Å². The van der Waals surface area contributed by atoms with Crippen molar-refractivity contribution in [2.24, 2.45) is 11.8 Å². The predicted molar refractivity (Wildman–Crippen MR) is 82.8 cm³/mol. The molecule has 0 aromatic heterocycles. The first-order chi connectivity index (χ1) is 9.73. The molecule has 2 unspecified atom stereocenters. The van der Waals surface area contributed by atoms with E-state index in [1.54, 1.807) is 0 Å². The van der Waals surface area contributed by atoms with Crippen LogP contribution in [0.2, 0.25) is 0 Å². The Kier molecular flexibility index (Phi) is 4.75. The second kappa shape index (κ2) is 6.06. The molecule has 0 spiro atoms. The Labute approximate surface area is 133 Å². The van der Waals surface area contributed by atoms with Crippen LogP contribution in [0, 0.1) is 11.8 Å². The van der Waals surface area contributed by atoms with Crippen LogP contribution in [0.1, 0.15) is 30.6 Å². The summed E-state index contributed by atoms with van der Waals surface area (Å²) >= 11 is 3.18. The number of benzene rings is 1. The summed E-state index contributed by atoms with van der Waals surface area (Å²) in [5.41, 5.74) is 0.0569. The Morgan fingerprint density at radius 1 is 1.33 bits per heavy atom. The van der Waals surface area contributed by atoms with Crippen LogP contribution in [0.3, 0.4) is 0 Å². The number of nitrogens with zero attached hydrogens (tertiary/aromatic N) is 1. The molecule has 2 atom stereocenters. The van der Waals surface area contributed by atoms with Gasteiger partial charge in [0.1, 0.15) is 0 Å². The monoisotopic (exact) mass is 375 g/mol. The van der Waals surface area contributed by atoms with Crippen LogP contribution in [-0.4, -0.2) is 36.9 Å². The zero-order valence-corrected chi connectivity index (χ0v) is 14.3. The van der Waals surface area contributed by atoms with Crippen LogP contribution in [0.5, 0.6) is 0 Å². The number of hydrogen-bond acceptors (Lipinski definition) is 3. The SMILES string of the molecule is CC1CCN(S(=O)(=O)c2ccc(C(=O)O)cc2Br)CC1C. The highest BCUT2D eigenvalue weighted by Crippen LogP contribution is 2.31. The number of hydrogen-bond donors (Lipinski definition) is 1. The summed E-state index contributed by atoms with van der Waals surface area (Å²) in [7, 11) is -3.60. The normalized spacial score (nSPS) is 24.0. The van der Waals surface area contributed by atoms with Crippen molar-refractivity contribution in [3.63, 3.8) is 0 Å². The smallest absolute Gasteiger partial charge is 0.335 e. The zero-order chi connectivity index (χ0) is 15.8. The lowest BCUT2D eigenvalue weighted by Crippen LogP contribution is -2.42. The molecule has 0 amide bonds. The Hall–Kier alpha value is -0.920. The Balaban J connectivity index is 2.34. The highest BCUT2D eigenvalue weighted by molar-refractivity contribution is 9.10. The van der Waals surface area contributed by atoms with Crippen LogP contribution in [-0.2, 0) is 10.0 Å². The van der Waals surface area contributed by atoms with Crippen molar-refractivity contribution >= 4 is 31.9 Å². The second-order valence-corrected chi connectivity index (χ2v) is 8.32. The maximum atomic E-state index is 12.7. The molecule has 1 fully saturated rings. The molecule has 1 aromatic rings. The lowest BCUT2D eigenvalue weighted by atomic mass is 9.90. The van der Waals surface area contributed by atoms with Crippen LogP contribution >= 0.6 is 15.9 Å². The summed E-state index contributed by atoms with van der Waals surface area (Å²) in [5.74, 6) is -0.264. The summed E-state index contributed by atoms with van der Waals surface area (Å²) < 4.78 is 27.2. The second-order valence-electron chi connectivity index (χ2n) is 5.56. The molecule has 0 bridgehead atoms. The van der Waals surface area contributed by atoms with E-state index in [0.717, 1.165) is 6.42 Å². The standard InChI is InChI=1S/C14H18BrNO4S/c1-9-5-6-16(8-10(9)2)21(19,20)13-4-3-11(14(17)18)7-12(13)15/h3-4,7,9-10H,5-6,8H2,1-2H3,(H,17,18). The largest absolute Gasteiger partial charge is 0.478 e. The fourth-order valence-electron chi connectivity index (χ4n) is 2.43. The van der Waals surface area contributed by atoms with E-state index in [4.69, 9.17) is 5.11 Å². The molecule has 1 heterocycles. The molecule has 1 aliphatic heterocycles. The maximum absolute atomic E-state index is 12.7. The van der Waals surface area contributed by atoms with E-state index < -0.39 is 16.0 Å². The lowest BCUT2D eigenvalue weighted by molar-refractivity contribution is 0.0696. The van der Waals surface area contributed by atoms with Gasteiger partial charge in [-0.1, -0.05) is 13.8 Å². The topological polar surface area (TPSA) is 74.7 Å². The Morgan fingerprint density at radius 3 is 2.52 bits per heavy atom. The summed E-state index contributed by atoms with van der Waals surface area (Å²) in [6.07, 6.45) is 0.839. The molecule has 5 nitrogen and oxygen atoms in total. The third kappa shape index (κ3) is 3.30. The molecular weight excluding hydrogens is 358 g/mol. The van der Waals surface area contributed by atoms with Crippen molar-refractivity contribution in [3.05, 3.63) is 28.2 Å². The number of sulfonamides is 1. The van der Waals surface area contributed by atoms with Gasteiger partial charge in [-0.25, -0.2) is 13.2 Å². The minimum absolute atomic E-state index is 0.0569. The minimum atomic E-state index is -3.60. The molecule has 0 radical (unpaired) electrons. The number of carbonyl (C=O) groups is 1. The fourth-order valence-corrected chi connectivity index (χ4v) is 5.02. The summed E-state index contributed by atoms with van der Waals surface area (Å²) in [6, 6.07) is 3.99. The van der Waals surface area contributed by atoms with Gasteiger partial charge in [0.15, 0.2) is 0 Å². The number of carboxylic acid groups (broad SMARTS) is 1. The molecule has 7 heteroatoms. The summed E-state index contributed by atoms with van der Waals surface area (Å²) in [4.78, 5) is 11.0. The summed E-state index contributed by atoms with van der Waals surface area (Å²) in [5, 5.41) is 8.93. The third-order valence-corrected chi connectivity index (χ3v) is 6.94. The summed E-state index contributed by atoms with van der Waals surface area (Å²) in [6.45, 7) is 5.18. The molecule has 1 saturated heterocycles. The van der Waals surface area contributed by atoms with Gasteiger partial charge in [-0.3, -0.25) is 0 Å². The fraction of sp³-hybridized carbons (Fsp3) is 0.500. The molecule has 21 heavy (non-hydrogen) atoms. The average Bonchev–Trinajstić information content (AvgIpc) is 2.41. The van der Waals surface area contributed by atoms with E-state index in [9.17, 15) is 13.2 Å². The molecule has 116 valence electrons. The van der Waals surface area contributed by atoms with Crippen molar-refractivity contribution in [1.82, 2.24) is 4.31 Å². The zero-order valence-electron chi connectivity index (χ0n) is 11.9. The van der Waals surface area contributed by atoms with E-state index in [1.807, 2.05) is 0 Å². The van der Waals surface area contributed by atoms with Crippen molar-refractivity contribution < 1.29 is 18.3 Å².